The van der Waals surface area contributed by atoms with E-state index in [1.165, 1.54) is 38.8 Å². The van der Waals surface area contributed by atoms with Gasteiger partial charge in [0.2, 0.25) is 11.9 Å². The Morgan fingerprint density at radius 1 is 0.926 bits per heavy atom. The molecule has 7 nitrogen and oxygen atoms in total. The Bertz CT molecular complexity index is 590. The number of carbonyl (C=O) groups is 1. The van der Waals surface area contributed by atoms with Gasteiger partial charge in [0, 0.05) is 51.7 Å². The maximum Gasteiger partial charge on any atom is 0.236 e. The van der Waals surface area contributed by atoms with Crippen LogP contribution in [-0.2, 0) is 4.79 Å². The Labute approximate surface area is 162 Å². The van der Waals surface area contributed by atoms with Crippen LogP contribution in [0.5, 0.6) is 0 Å². The summed E-state index contributed by atoms with van der Waals surface area (Å²) in [6.07, 6.45) is 8.57. The van der Waals surface area contributed by atoms with E-state index in [-0.39, 0.29) is 0 Å². The van der Waals surface area contributed by atoms with Crippen molar-refractivity contribution in [3.05, 3.63) is 18.5 Å². The highest BCUT2D eigenvalue weighted by Gasteiger charge is 2.30. The second-order valence-corrected chi connectivity index (χ2v) is 8.12. The molecule has 7 heteroatoms. The summed E-state index contributed by atoms with van der Waals surface area (Å²) in [7, 11) is 0. The van der Waals surface area contributed by atoms with Gasteiger partial charge in [-0.1, -0.05) is 0 Å². The van der Waals surface area contributed by atoms with E-state index in [9.17, 15) is 4.79 Å². The highest BCUT2D eigenvalue weighted by Crippen LogP contribution is 2.30. The largest absolute Gasteiger partial charge is 0.342 e. The van der Waals surface area contributed by atoms with Crippen molar-refractivity contribution in [2.45, 2.75) is 25.7 Å². The lowest BCUT2D eigenvalue weighted by Gasteiger charge is -2.39. The average molecular weight is 373 g/mol. The van der Waals surface area contributed by atoms with E-state index < -0.39 is 0 Å². The molecule has 148 valence electrons. The van der Waals surface area contributed by atoms with Crippen LogP contribution in [0.3, 0.4) is 0 Å². The van der Waals surface area contributed by atoms with Gasteiger partial charge in [0.05, 0.1) is 6.54 Å². The molecule has 3 aliphatic rings. The minimum Gasteiger partial charge on any atom is -0.342 e. The monoisotopic (exact) mass is 372 g/mol. The summed E-state index contributed by atoms with van der Waals surface area (Å²) >= 11 is 0. The fourth-order valence-electron chi connectivity index (χ4n) is 4.79. The van der Waals surface area contributed by atoms with Gasteiger partial charge in [0.1, 0.15) is 0 Å². The third kappa shape index (κ3) is 4.76. The molecule has 0 aliphatic carbocycles. The number of anilines is 1. The van der Waals surface area contributed by atoms with E-state index in [4.69, 9.17) is 0 Å². The molecular formula is C20H32N6O. The fraction of sp³-hybridized carbons (Fsp3) is 0.750. The van der Waals surface area contributed by atoms with Crippen molar-refractivity contribution in [1.29, 1.82) is 0 Å². The minimum absolute atomic E-state index is 0.308. The number of piperidine rings is 2. The first-order valence-corrected chi connectivity index (χ1v) is 10.5. The van der Waals surface area contributed by atoms with Crippen LogP contribution >= 0.6 is 0 Å². The first-order chi connectivity index (χ1) is 13.3. The first-order valence-electron chi connectivity index (χ1n) is 10.5. The third-order valence-electron chi connectivity index (χ3n) is 6.51. The topological polar surface area (TPSA) is 64.6 Å². The summed E-state index contributed by atoms with van der Waals surface area (Å²) in [5.41, 5.74) is 0. The van der Waals surface area contributed by atoms with E-state index in [0.29, 0.717) is 12.5 Å². The molecule has 0 bridgehead atoms. The van der Waals surface area contributed by atoms with Crippen molar-refractivity contribution in [2.75, 3.05) is 63.8 Å². The highest BCUT2D eigenvalue weighted by molar-refractivity contribution is 5.78. The number of amides is 1. The molecule has 4 heterocycles. The summed E-state index contributed by atoms with van der Waals surface area (Å²) in [4.78, 5) is 28.0. The molecule has 4 rings (SSSR count). The first kappa shape index (κ1) is 18.6. The van der Waals surface area contributed by atoms with Crippen molar-refractivity contribution in [2.24, 2.45) is 11.8 Å². The average Bonchev–Trinajstić information content (AvgIpc) is 2.76. The van der Waals surface area contributed by atoms with Gasteiger partial charge >= 0.3 is 0 Å². The predicted octanol–water partition coefficient (Wildman–Crippen LogP) is 0.837. The number of piperazine rings is 1. The SMILES string of the molecule is O=C(CN1CCN(c2ncccn2)CC1)N1CCC(C2CCNCC2)CC1. The van der Waals surface area contributed by atoms with E-state index in [2.05, 4.69) is 30.0 Å². The number of nitrogens with zero attached hydrogens (tertiary/aromatic N) is 5. The number of rotatable bonds is 4. The Hall–Kier alpha value is -1.73. The van der Waals surface area contributed by atoms with Crippen LogP contribution in [0.15, 0.2) is 18.5 Å². The molecule has 0 radical (unpaired) electrons. The molecule has 0 saturated carbocycles. The lowest BCUT2D eigenvalue weighted by molar-refractivity contribution is -0.134. The molecule has 0 unspecified atom stereocenters. The van der Waals surface area contributed by atoms with Gasteiger partial charge in [-0.3, -0.25) is 9.69 Å². The quantitative estimate of drug-likeness (QED) is 0.845. The lowest BCUT2D eigenvalue weighted by atomic mass is 9.79. The molecule has 3 fully saturated rings. The molecule has 1 amide bonds. The molecule has 0 spiro atoms. The van der Waals surface area contributed by atoms with Crippen LogP contribution in [0.25, 0.3) is 0 Å². The maximum atomic E-state index is 12.7. The van der Waals surface area contributed by atoms with Crippen LogP contribution in [0, 0.1) is 11.8 Å². The highest BCUT2D eigenvalue weighted by atomic mass is 16.2. The lowest BCUT2D eigenvalue weighted by Crippen LogP contribution is -2.51. The van der Waals surface area contributed by atoms with Crippen LogP contribution in [-0.4, -0.2) is 84.6 Å². The number of carbonyl (C=O) groups excluding carboxylic acids is 1. The number of nitrogens with one attached hydrogen (secondary N) is 1. The molecule has 1 N–H and O–H groups in total. The summed E-state index contributed by atoms with van der Waals surface area (Å²) in [6.45, 7) is 8.36. The van der Waals surface area contributed by atoms with E-state index in [1.807, 2.05) is 6.07 Å². The summed E-state index contributed by atoms with van der Waals surface area (Å²) < 4.78 is 0. The predicted molar refractivity (Wildman–Crippen MR) is 106 cm³/mol. The zero-order chi connectivity index (χ0) is 18.5. The Morgan fingerprint density at radius 3 is 2.22 bits per heavy atom. The van der Waals surface area contributed by atoms with Gasteiger partial charge in [-0.25, -0.2) is 9.97 Å². The summed E-state index contributed by atoms with van der Waals surface area (Å²) in [6, 6.07) is 1.84. The Morgan fingerprint density at radius 2 is 1.56 bits per heavy atom. The van der Waals surface area contributed by atoms with Crippen molar-refractivity contribution in [3.63, 3.8) is 0 Å². The van der Waals surface area contributed by atoms with Gasteiger partial charge in [0.15, 0.2) is 0 Å². The zero-order valence-corrected chi connectivity index (χ0v) is 16.2. The minimum atomic E-state index is 0.308. The van der Waals surface area contributed by atoms with Gasteiger partial charge < -0.3 is 15.1 Å². The van der Waals surface area contributed by atoms with Crippen LogP contribution in [0.2, 0.25) is 0 Å². The van der Waals surface area contributed by atoms with Crippen LogP contribution in [0.4, 0.5) is 5.95 Å². The molecular weight excluding hydrogens is 340 g/mol. The van der Waals surface area contributed by atoms with Gasteiger partial charge in [-0.15, -0.1) is 0 Å². The molecule has 3 aliphatic heterocycles. The van der Waals surface area contributed by atoms with Crippen molar-refractivity contribution in [3.8, 4) is 0 Å². The van der Waals surface area contributed by atoms with Crippen molar-refractivity contribution in [1.82, 2.24) is 25.1 Å². The van der Waals surface area contributed by atoms with Crippen LogP contribution < -0.4 is 10.2 Å². The van der Waals surface area contributed by atoms with Crippen molar-refractivity contribution < 1.29 is 4.79 Å². The third-order valence-corrected chi connectivity index (χ3v) is 6.51. The Balaban J connectivity index is 1.19. The van der Waals surface area contributed by atoms with E-state index >= 15 is 0 Å². The number of likely N-dealkylation sites (tertiary alicyclic amines) is 1. The zero-order valence-electron chi connectivity index (χ0n) is 16.2. The van der Waals surface area contributed by atoms with Crippen LogP contribution in [0.1, 0.15) is 25.7 Å². The standard InChI is InChI=1S/C20H32N6O/c27-19(25-10-4-18(5-11-25)17-2-8-21-9-3-17)16-24-12-14-26(15-13-24)20-22-6-1-7-23-20/h1,6-7,17-18,21H,2-5,8-16H2. The molecule has 1 aromatic rings. The smallest absolute Gasteiger partial charge is 0.236 e. The van der Waals surface area contributed by atoms with Gasteiger partial charge in [-0.2, -0.15) is 0 Å². The molecule has 27 heavy (non-hydrogen) atoms. The summed E-state index contributed by atoms with van der Waals surface area (Å²) in [5, 5.41) is 3.46. The second-order valence-electron chi connectivity index (χ2n) is 8.12. The maximum absolute atomic E-state index is 12.7. The van der Waals surface area contributed by atoms with Crippen molar-refractivity contribution >= 4 is 11.9 Å². The number of hydrogen-bond acceptors (Lipinski definition) is 6. The number of aromatic nitrogens is 2. The molecule has 1 aromatic heterocycles. The molecule has 0 atom stereocenters. The molecule has 0 aromatic carbocycles. The molecule has 3 saturated heterocycles. The normalized spacial score (nSPS) is 23.6. The van der Waals surface area contributed by atoms with E-state index in [1.54, 1.807) is 12.4 Å². The Kier molecular flexibility index (Phi) is 6.19. The van der Waals surface area contributed by atoms with Gasteiger partial charge in [-0.05, 0) is 56.7 Å². The summed E-state index contributed by atoms with van der Waals surface area (Å²) in [5.74, 6) is 2.80. The number of hydrogen-bond donors (Lipinski definition) is 1. The fourth-order valence-corrected chi connectivity index (χ4v) is 4.79. The second kappa shape index (κ2) is 8.97. The van der Waals surface area contributed by atoms with E-state index in [0.717, 1.165) is 57.1 Å². The van der Waals surface area contributed by atoms with Gasteiger partial charge in [0.25, 0.3) is 0 Å².